The summed E-state index contributed by atoms with van der Waals surface area (Å²) >= 11 is 0. The zero-order valence-corrected chi connectivity index (χ0v) is 13.2. The van der Waals surface area contributed by atoms with Crippen LogP contribution in [0.15, 0.2) is 54.1 Å². The fourth-order valence-corrected chi connectivity index (χ4v) is 2.16. The van der Waals surface area contributed by atoms with E-state index in [-0.39, 0.29) is 5.57 Å². The van der Waals surface area contributed by atoms with E-state index < -0.39 is 22.3 Å². The van der Waals surface area contributed by atoms with Gasteiger partial charge in [0, 0.05) is 12.6 Å². The summed E-state index contributed by atoms with van der Waals surface area (Å²) in [5, 5.41) is 32.1. The van der Waals surface area contributed by atoms with Gasteiger partial charge < -0.3 is 10.4 Å². The highest BCUT2D eigenvalue weighted by atomic mass is 16.6. The molecule has 0 aliphatic carbocycles. The largest absolute Gasteiger partial charge is 0.502 e. The molecule has 0 aliphatic heterocycles. The zero-order chi connectivity index (χ0) is 18.2. The van der Waals surface area contributed by atoms with Crippen LogP contribution in [0.25, 0.3) is 6.08 Å². The molecule has 0 saturated heterocycles. The van der Waals surface area contributed by atoms with E-state index in [1.165, 1.54) is 12.1 Å². The van der Waals surface area contributed by atoms with E-state index in [2.05, 4.69) is 5.32 Å². The van der Waals surface area contributed by atoms with Crippen LogP contribution in [0.4, 0.5) is 5.69 Å². The summed E-state index contributed by atoms with van der Waals surface area (Å²) in [6.07, 6.45) is 1.89. The molecule has 2 N–H and O–H groups in total. The van der Waals surface area contributed by atoms with Gasteiger partial charge in [-0.05, 0) is 35.8 Å². The van der Waals surface area contributed by atoms with Crippen LogP contribution in [-0.2, 0) is 11.2 Å². The lowest BCUT2D eigenvalue weighted by molar-refractivity contribution is -0.385. The van der Waals surface area contributed by atoms with Gasteiger partial charge in [-0.2, -0.15) is 5.26 Å². The summed E-state index contributed by atoms with van der Waals surface area (Å²) in [6, 6.07) is 15.0. The minimum Gasteiger partial charge on any atom is -0.502 e. The number of phenols is 1. The minimum absolute atomic E-state index is 0.152. The highest BCUT2D eigenvalue weighted by Gasteiger charge is 2.14. The number of carbonyl (C=O) groups is 1. The first-order valence-corrected chi connectivity index (χ1v) is 7.42. The summed E-state index contributed by atoms with van der Waals surface area (Å²) in [7, 11) is 0. The second-order valence-corrected chi connectivity index (χ2v) is 5.17. The fourth-order valence-electron chi connectivity index (χ4n) is 2.16. The second kappa shape index (κ2) is 8.26. The van der Waals surface area contributed by atoms with Gasteiger partial charge in [-0.25, -0.2) is 0 Å². The maximum absolute atomic E-state index is 12.1. The van der Waals surface area contributed by atoms with E-state index in [4.69, 9.17) is 5.26 Å². The molecule has 0 saturated carbocycles. The van der Waals surface area contributed by atoms with Crippen LogP contribution in [-0.4, -0.2) is 22.5 Å². The molecule has 7 heteroatoms. The Balaban J connectivity index is 2.04. The minimum atomic E-state index is -0.718. The van der Waals surface area contributed by atoms with Gasteiger partial charge in [-0.15, -0.1) is 0 Å². The molecule has 0 aromatic heterocycles. The first-order valence-electron chi connectivity index (χ1n) is 7.42. The highest BCUT2D eigenvalue weighted by Crippen LogP contribution is 2.27. The van der Waals surface area contributed by atoms with E-state index in [1.807, 2.05) is 30.3 Å². The van der Waals surface area contributed by atoms with Gasteiger partial charge in [0.2, 0.25) is 0 Å². The van der Waals surface area contributed by atoms with Gasteiger partial charge >= 0.3 is 5.69 Å². The molecule has 2 rings (SSSR count). The Hall–Kier alpha value is -3.66. The number of hydrogen-bond donors (Lipinski definition) is 2. The lowest BCUT2D eigenvalue weighted by Crippen LogP contribution is -2.26. The number of phenolic OH excluding ortho intramolecular Hbond substituents is 1. The van der Waals surface area contributed by atoms with Gasteiger partial charge in [0.15, 0.2) is 5.75 Å². The van der Waals surface area contributed by atoms with E-state index in [0.29, 0.717) is 18.5 Å². The van der Waals surface area contributed by atoms with Crippen LogP contribution in [0.2, 0.25) is 0 Å². The summed E-state index contributed by atoms with van der Waals surface area (Å²) in [5.41, 5.74) is 0.785. The Bertz CT molecular complexity index is 854. The van der Waals surface area contributed by atoms with Gasteiger partial charge in [-0.1, -0.05) is 30.3 Å². The van der Waals surface area contributed by atoms with Crippen molar-refractivity contribution >= 4 is 17.7 Å². The third kappa shape index (κ3) is 4.91. The lowest BCUT2D eigenvalue weighted by atomic mass is 10.1. The van der Waals surface area contributed by atoms with Crippen molar-refractivity contribution in [3.63, 3.8) is 0 Å². The summed E-state index contributed by atoms with van der Waals surface area (Å²) in [6.45, 7) is 0.368. The number of hydrogen-bond acceptors (Lipinski definition) is 5. The van der Waals surface area contributed by atoms with Crippen molar-refractivity contribution < 1.29 is 14.8 Å². The van der Waals surface area contributed by atoms with Crippen molar-refractivity contribution in [3.8, 4) is 11.8 Å². The molecule has 2 aromatic carbocycles. The molecule has 0 fully saturated rings. The third-order valence-electron chi connectivity index (χ3n) is 3.41. The number of benzene rings is 2. The molecule has 0 heterocycles. The van der Waals surface area contributed by atoms with Gasteiger partial charge in [-0.3, -0.25) is 14.9 Å². The predicted octanol–water partition coefficient (Wildman–Crippen LogP) is 2.57. The number of aromatic hydroxyl groups is 1. The van der Waals surface area contributed by atoms with Crippen molar-refractivity contribution in [1.82, 2.24) is 5.32 Å². The first-order chi connectivity index (χ1) is 12.0. The average Bonchev–Trinajstić information content (AvgIpc) is 2.60. The second-order valence-electron chi connectivity index (χ2n) is 5.17. The van der Waals surface area contributed by atoms with Crippen molar-refractivity contribution in [2.75, 3.05) is 6.54 Å². The van der Waals surface area contributed by atoms with Crippen molar-refractivity contribution in [3.05, 3.63) is 75.3 Å². The van der Waals surface area contributed by atoms with E-state index in [9.17, 15) is 20.0 Å². The smallest absolute Gasteiger partial charge is 0.310 e. The van der Waals surface area contributed by atoms with Crippen molar-refractivity contribution in [2.45, 2.75) is 6.42 Å². The first kappa shape index (κ1) is 17.7. The fraction of sp³-hybridized carbons (Fsp3) is 0.111. The number of nitrogens with one attached hydrogen (secondary N) is 1. The van der Waals surface area contributed by atoms with Crippen LogP contribution in [0.3, 0.4) is 0 Å². The molecule has 0 bridgehead atoms. The Morgan fingerprint density at radius 1 is 1.28 bits per heavy atom. The number of nitro groups is 1. The monoisotopic (exact) mass is 337 g/mol. The van der Waals surface area contributed by atoms with Crippen LogP contribution < -0.4 is 5.32 Å². The number of carbonyl (C=O) groups excluding carboxylic acids is 1. The van der Waals surface area contributed by atoms with Crippen LogP contribution in [0, 0.1) is 21.4 Å². The lowest BCUT2D eigenvalue weighted by Gasteiger charge is -2.05. The maximum Gasteiger partial charge on any atom is 0.310 e. The molecular formula is C18H15N3O4. The molecule has 0 atom stereocenters. The Morgan fingerprint density at radius 3 is 2.60 bits per heavy atom. The van der Waals surface area contributed by atoms with Gasteiger partial charge in [0.1, 0.15) is 11.6 Å². The zero-order valence-electron chi connectivity index (χ0n) is 13.2. The van der Waals surface area contributed by atoms with Crippen molar-refractivity contribution in [1.29, 1.82) is 5.26 Å². The standard InChI is InChI=1S/C18H15N3O4/c19-12-15(10-14-6-7-16(21(24)25)17(22)11-14)18(23)20-9-8-13-4-2-1-3-5-13/h1-7,10-11,22H,8-9H2,(H,20,23)/b15-10+. The average molecular weight is 337 g/mol. The Morgan fingerprint density at radius 2 is 2.00 bits per heavy atom. The molecule has 7 nitrogen and oxygen atoms in total. The molecule has 0 aliphatic rings. The molecule has 25 heavy (non-hydrogen) atoms. The van der Waals surface area contributed by atoms with E-state index >= 15 is 0 Å². The van der Waals surface area contributed by atoms with Crippen molar-refractivity contribution in [2.24, 2.45) is 0 Å². The predicted molar refractivity (Wildman–Crippen MR) is 91.5 cm³/mol. The summed E-state index contributed by atoms with van der Waals surface area (Å²) in [5.74, 6) is -1.07. The van der Waals surface area contributed by atoms with Gasteiger partial charge in [0.25, 0.3) is 5.91 Å². The number of rotatable bonds is 6. The molecule has 0 unspecified atom stereocenters. The molecule has 126 valence electrons. The normalized spacial score (nSPS) is 10.8. The molecule has 0 spiro atoms. The number of nitrogens with zero attached hydrogens (tertiary/aromatic N) is 2. The highest BCUT2D eigenvalue weighted by molar-refractivity contribution is 6.01. The van der Waals surface area contributed by atoms with Crippen LogP contribution >= 0.6 is 0 Å². The third-order valence-corrected chi connectivity index (χ3v) is 3.41. The quantitative estimate of drug-likeness (QED) is 0.364. The molecule has 1 amide bonds. The van der Waals surface area contributed by atoms with Gasteiger partial charge in [0.05, 0.1) is 4.92 Å². The topological polar surface area (TPSA) is 116 Å². The molecular weight excluding hydrogens is 322 g/mol. The number of nitriles is 1. The van der Waals surface area contributed by atoms with E-state index in [1.54, 1.807) is 6.07 Å². The SMILES string of the molecule is N#C/C(=C\c1ccc([N+](=O)[O-])c(O)c1)C(=O)NCCc1ccccc1. The van der Waals surface area contributed by atoms with E-state index in [0.717, 1.165) is 17.7 Å². The number of amides is 1. The Kier molecular flexibility index (Phi) is 5.85. The molecule has 0 radical (unpaired) electrons. The Labute approximate surface area is 144 Å². The van der Waals surface area contributed by atoms with Crippen LogP contribution in [0.5, 0.6) is 5.75 Å². The number of nitro benzene ring substituents is 1. The van der Waals surface area contributed by atoms with Crippen LogP contribution in [0.1, 0.15) is 11.1 Å². The maximum atomic E-state index is 12.1. The summed E-state index contributed by atoms with van der Waals surface area (Å²) in [4.78, 5) is 22.0. The summed E-state index contributed by atoms with van der Waals surface area (Å²) < 4.78 is 0. The molecule has 2 aromatic rings.